The fourth-order valence-electron chi connectivity index (χ4n) is 1.82. The number of rotatable bonds is 3. The third kappa shape index (κ3) is 2.90. The number of benzene rings is 1. The average Bonchev–Trinajstić information content (AvgIpc) is 2.27. The molecule has 0 saturated carbocycles. The van der Waals surface area contributed by atoms with Gasteiger partial charge in [0.25, 0.3) is 0 Å². The molecule has 1 aromatic carbocycles. The van der Waals surface area contributed by atoms with Crippen molar-refractivity contribution in [3.63, 3.8) is 0 Å². The minimum Gasteiger partial charge on any atom is -0.328 e. The molecule has 94 valence electrons. The van der Waals surface area contributed by atoms with Crippen LogP contribution in [-0.4, -0.2) is 16.0 Å². The third-order valence-electron chi connectivity index (χ3n) is 2.55. The molecule has 0 bridgehead atoms. The summed E-state index contributed by atoms with van der Waals surface area (Å²) in [4.78, 5) is 8.69. The fourth-order valence-corrected chi connectivity index (χ4v) is 1.82. The topological polar surface area (TPSA) is 51.8 Å². The van der Waals surface area contributed by atoms with E-state index in [0.717, 1.165) is 5.69 Å². The highest BCUT2D eigenvalue weighted by molar-refractivity contribution is 5.60. The summed E-state index contributed by atoms with van der Waals surface area (Å²) in [6, 6.07) is 8.37. The van der Waals surface area contributed by atoms with Crippen LogP contribution in [0.15, 0.2) is 30.3 Å². The van der Waals surface area contributed by atoms with E-state index in [2.05, 4.69) is 9.97 Å². The first-order chi connectivity index (χ1) is 8.56. The molecule has 0 saturated heterocycles. The molecule has 2 aromatic rings. The van der Waals surface area contributed by atoms with Gasteiger partial charge in [-0.05, 0) is 32.0 Å². The molecule has 0 aliphatic carbocycles. The van der Waals surface area contributed by atoms with Gasteiger partial charge in [-0.2, -0.15) is 0 Å². The van der Waals surface area contributed by atoms with Crippen LogP contribution >= 0.6 is 0 Å². The van der Waals surface area contributed by atoms with E-state index in [-0.39, 0.29) is 11.9 Å². The number of aromatic nitrogens is 2. The van der Waals surface area contributed by atoms with Crippen molar-refractivity contribution < 1.29 is 4.39 Å². The van der Waals surface area contributed by atoms with E-state index in [1.165, 1.54) is 6.07 Å². The summed E-state index contributed by atoms with van der Waals surface area (Å²) < 4.78 is 13.7. The predicted molar refractivity (Wildman–Crippen MR) is 69.5 cm³/mol. The standard InChI is InChI=1S/C14H16FN3/c1-9(16)7-14-17-10(2)8-13(18-14)11-5-3-4-6-12(11)15/h3-6,8-9H,7,16H2,1-2H3. The maximum Gasteiger partial charge on any atom is 0.132 e. The van der Waals surface area contributed by atoms with Gasteiger partial charge in [-0.1, -0.05) is 12.1 Å². The van der Waals surface area contributed by atoms with Crippen molar-refractivity contribution in [1.29, 1.82) is 0 Å². The number of aryl methyl sites for hydroxylation is 1. The largest absolute Gasteiger partial charge is 0.328 e. The molecule has 0 aliphatic rings. The number of hydrogen-bond acceptors (Lipinski definition) is 3. The van der Waals surface area contributed by atoms with Crippen molar-refractivity contribution in [3.05, 3.63) is 47.7 Å². The van der Waals surface area contributed by atoms with Gasteiger partial charge in [0.1, 0.15) is 11.6 Å². The quantitative estimate of drug-likeness (QED) is 0.903. The lowest BCUT2D eigenvalue weighted by Crippen LogP contribution is -2.19. The van der Waals surface area contributed by atoms with Crippen LogP contribution < -0.4 is 5.73 Å². The van der Waals surface area contributed by atoms with Gasteiger partial charge in [0.05, 0.1) is 5.69 Å². The number of nitrogens with two attached hydrogens (primary N) is 1. The smallest absolute Gasteiger partial charge is 0.132 e. The molecule has 2 N–H and O–H groups in total. The molecular weight excluding hydrogens is 229 g/mol. The van der Waals surface area contributed by atoms with Crippen molar-refractivity contribution in [1.82, 2.24) is 9.97 Å². The summed E-state index contributed by atoms with van der Waals surface area (Å²) in [7, 11) is 0. The molecule has 0 radical (unpaired) electrons. The zero-order valence-corrected chi connectivity index (χ0v) is 10.5. The minimum absolute atomic E-state index is 0.0136. The van der Waals surface area contributed by atoms with Crippen molar-refractivity contribution in [2.45, 2.75) is 26.3 Å². The van der Waals surface area contributed by atoms with Crippen molar-refractivity contribution >= 4 is 0 Å². The second kappa shape index (κ2) is 5.23. The van der Waals surface area contributed by atoms with E-state index in [9.17, 15) is 4.39 Å². The molecule has 4 heteroatoms. The summed E-state index contributed by atoms with van der Waals surface area (Å²) in [6.07, 6.45) is 0.586. The summed E-state index contributed by atoms with van der Waals surface area (Å²) in [5.74, 6) is 0.380. The molecule has 0 fully saturated rings. The van der Waals surface area contributed by atoms with Crippen LogP contribution in [-0.2, 0) is 6.42 Å². The summed E-state index contributed by atoms with van der Waals surface area (Å²) in [5.41, 5.74) is 7.66. The normalized spacial score (nSPS) is 12.4. The highest BCUT2D eigenvalue weighted by atomic mass is 19.1. The predicted octanol–water partition coefficient (Wildman–Crippen LogP) is 2.48. The molecule has 0 aliphatic heterocycles. The Labute approximate surface area is 106 Å². The zero-order chi connectivity index (χ0) is 13.1. The van der Waals surface area contributed by atoms with Crippen LogP contribution in [0.5, 0.6) is 0 Å². The van der Waals surface area contributed by atoms with Gasteiger partial charge in [-0.3, -0.25) is 0 Å². The van der Waals surface area contributed by atoms with E-state index >= 15 is 0 Å². The molecule has 0 spiro atoms. The Bertz CT molecular complexity index is 552. The molecule has 1 atom stereocenters. The van der Waals surface area contributed by atoms with E-state index in [4.69, 9.17) is 5.73 Å². The van der Waals surface area contributed by atoms with E-state index < -0.39 is 0 Å². The Morgan fingerprint density at radius 1 is 1.28 bits per heavy atom. The summed E-state index contributed by atoms with van der Waals surface area (Å²) in [5, 5.41) is 0. The first-order valence-corrected chi connectivity index (χ1v) is 5.91. The Hall–Kier alpha value is -1.81. The van der Waals surface area contributed by atoms with Crippen molar-refractivity contribution in [2.24, 2.45) is 5.73 Å². The lowest BCUT2D eigenvalue weighted by molar-refractivity contribution is 0.630. The monoisotopic (exact) mass is 245 g/mol. The van der Waals surface area contributed by atoms with Crippen LogP contribution in [0.3, 0.4) is 0 Å². The van der Waals surface area contributed by atoms with Crippen molar-refractivity contribution in [3.8, 4) is 11.3 Å². The molecule has 1 heterocycles. The molecule has 3 nitrogen and oxygen atoms in total. The van der Waals surface area contributed by atoms with Crippen molar-refractivity contribution in [2.75, 3.05) is 0 Å². The molecule has 2 rings (SSSR count). The second-order valence-electron chi connectivity index (χ2n) is 4.47. The van der Waals surface area contributed by atoms with E-state index in [0.29, 0.717) is 23.5 Å². The first-order valence-electron chi connectivity index (χ1n) is 5.91. The molecule has 1 unspecified atom stereocenters. The van der Waals surface area contributed by atoms with Crippen LogP contribution in [0.2, 0.25) is 0 Å². The summed E-state index contributed by atoms with van der Waals surface area (Å²) in [6.45, 7) is 3.77. The summed E-state index contributed by atoms with van der Waals surface area (Å²) >= 11 is 0. The van der Waals surface area contributed by atoms with Crippen LogP contribution in [0.25, 0.3) is 11.3 Å². The third-order valence-corrected chi connectivity index (χ3v) is 2.55. The Balaban J connectivity index is 2.45. The first kappa shape index (κ1) is 12.6. The number of hydrogen-bond donors (Lipinski definition) is 1. The van der Waals surface area contributed by atoms with Crippen LogP contribution in [0, 0.1) is 12.7 Å². The Kier molecular flexibility index (Phi) is 3.67. The minimum atomic E-state index is -0.276. The lowest BCUT2D eigenvalue weighted by Gasteiger charge is -2.08. The zero-order valence-electron chi connectivity index (χ0n) is 10.5. The van der Waals surface area contributed by atoms with Crippen LogP contribution in [0.4, 0.5) is 4.39 Å². The number of halogens is 1. The van der Waals surface area contributed by atoms with Gasteiger partial charge in [0.15, 0.2) is 0 Å². The maximum atomic E-state index is 13.7. The molecule has 18 heavy (non-hydrogen) atoms. The highest BCUT2D eigenvalue weighted by Gasteiger charge is 2.09. The van der Waals surface area contributed by atoms with Gasteiger partial charge in [-0.25, -0.2) is 14.4 Å². The molecule has 0 amide bonds. The van der Waals surface area contributed by atoms with Gasteiger partial charge in [-0.15, -0.1) is 0 Å². The Morgan fingerprint density at radius 2 is 2.00 bits per heavy atom. The highest BCUT2D eigenvalue weighted by Crippen LogP contribution is 2.21. The van der Waals surface area contributed by atoms with Crippen LogP contribution in [0.1, 0.15) is 18.4 Å². The van der Waals surface area contributed by atoms with Gasteiger partial charge in [0.2, 0.25) is 0 Å². The Morgan fingerprint density at radius 3 is 2.67 bits per heavy atom. The molecule has 1 aromatic heterocycles. The van der Waals surface area contributed by atoms with Gasteiger partial charge < -0.3 is 5.73 Å². The van der Waals surface area contributed by atoms with Gasteiger partial charge in [0, 0.05) is 23.7 Å². The molecular formula is C14H16FN3. The number of nitrogens with zero attached hydrogens (tertiary/aromatic N) is 2. The fraction of sp³-hybridized carbons (Fsp3) is 0.286. The second-order valence-corrected chi connectivity index (χ2v) is 4.47. The average molecular weight is 245 g/mol. The lowest BCUT2D eigenvalue weighted by atomic mass is 10.1. The van der Waals surface area contributed by atoms with E-state index in [1.807, 2.05) is 13.8 Å². The van der Waals surface area contributed by atoms with Gasteiger partial charge >= 0.3 is 0 Å². The van der Waals surface area contributed by atoms with E-state index in [1.54, 1.807) is 24.3 Å². The maximum absolute atomic E-state index is 13.7. The SMILES string of the molecule is Cc1cc(-c2ccccc2F)nc(CC(C)N)n1.